The van der Waals surface area contributed by atoms with Gasteiger partial charge in [0.1, 0.15) is 0 Å². The van der Waals surface area contributed by atoms with Crippen LogP contribution < -0.4 is 5.32 Å². The summed E-state index contributed by atoms with van der Waals surface area (Å²) in [5, 5.41) is 18.6. The van der Waals surface area contributed by atoms with E-state index in [1.54, 1.807) is 30.3 Å². The zero-order chi connectivity index (χ0) is 12.8. The van der Waals surface area contributed by atoms with Gasteiger partial charge >= 0.3 is 5.97 Å². The number of carbonyl (C=O) groups excluding carboxylic acids is 2. The molecular weight excluding hydrogens is 226 g/mol. The molecule has 0 atom stereocenters. The lowest BCUT2D eigenvalue weighted by molar-refractivity contribution is -0.124. The number of aromatic carboxylic acids is 1. The van der Waals surface area contributed by atoms with Crippen molar-refractivity contribution in [1.29, 1.82) is 0 Å². The van der Waals surface area contributed by atoms with E-state index in [2.05, 4.69) is 0 Å². The molecule has 0 spiro atoms. The van der Waals surface area contributed by atoms with Crippen LogP contribution in [0.15, 0.2) is 42.2 Å². The number of imide groups is 1. The van der Waals surface area contributed by atoms with Crippen LogP contribution in [0.5, 0.6) is 0 Å². The minimum atomic E-state index is -0.879. The molecule has 0 unspecified atom stereocenters. The van der Waals surface area contributed by atoms with Crippen LogP contribution in [-0.2, 0) is 9.59 Å². The fourth-order valence-corrected chi connectivity index (χ4v) is 0.982. The standard InChI is InChI=1S/C7H6O2.C4H3NO3/c8-7(9)6-4-2-1-3-5-6;6-2-1-3(7)5-4(2)8/h1-5H,(H,8,9);1H,(H2,5,6,7,8). The summed E-state index contributed by atoms with van der Waals surface area (Å²) in [7, 11) is 0. The van der Waals surface area contributed by atoms with E-state index >= 15 is 0 Å². The lowest BCUT2D eigenvalue weighted by Crippen LogP contribution is -2.21. The summed E-state index contributed by atoms with van der Waals surface area (Å²) in [5.41, 5.74) is 0.331. The Morgan fingerprint density at radius 1 is 1.12 bits per heavy atom. The van der Waals surface area contributed by atoms with E-state index in [1.165, 1.54) is 0 Å². The highest BCUT2D eigenvalue weighted by Crippen LogP contribution is 1.96. The van der Waals surface area contributed by atoms with E-state index in [1.807, 2.05) is 5.32 Å². The Labute approximate surface area is 96.2 Å². The molecule has 0 saturated carbocycles. The van der Waals surface area contributed by atoms with E-state index in [4.69, 9.17) is 10.2 Å². The zero-order valence-corrected chi connectivity index (χ0v) is 8.58. The molecule has 0 aliphatic carbocycles. The summed E-state index contributed by atoms with van der Waals surface area (Å²) in [4.78, 5) is 30.4. The van der Waals surface area contributed by atoms with Crippen LogP contribution in [0.2, 0.25) is 0 Å². The van der Waals surface area contributed by atoms with Gasteiger partial charge in [-0.15, -0.1) is 0 Å². The van der Waals surface area contributed by atoms with Crippen LogP contribution in [0, 0.1) is 0 Å². The molecule has 2 rings (SSSR count). The fraction of sp³-hybridized carbons (Fsp3) is 0. The van der Waals surface area contributed by atoms with Gasteiger partial charge in [0.25, 0.3) is 11.8 Å². The maximum absolute atomic E-state index is 10.2. The van der Waals surface area contributed by atoms with Crippen LogP contribution >= 0.6 is 0 Å². The number of aliphatic hydroxyl groups excluding tert-OH is 1. The van der Waals surface area contributed by atoms with Gasteiger partial charge in [-0.05, 0) is 12.1 Å². The molecule has 1 aromatic rings. The van der Waals surface area contributed by atoms with Crippen LogP contribution in [0.4, 0.5) is 0 Å². The lowest BCUT2D eigenvalue weighted by Gasteiger charge is -1.88. The number of carboxylic acids is 1. The Hall–Kier alpha value is -2.63. The van der Waals surface area contributed by atoms with Crippen molar-refractivity contribution in [1.82, 2.24) is 5.32 Å². The Kier molecular flexibility index (Phi) is 3.99. The van der Waals surface area contributed by atoms with Crippen molar-refractivity contribution >= 4 is 17.8 Å². The van der Waals surface area contributed by atoms with Gasteiger partial charge in [0.2, 0.25) is 0 Å². The molecule has 0 bridgehead atoms. The Morgan fingerprint density at radius 3 is 1.94 bits per heavy atom. The minimum absolute atomic E-state index is 0.331. The number of hydrogen-bond acceptors (Lipinski definition) is 4. The second-order valence-corrected chi connectivity index (χ2v) is 3.02. The van der Waals surface area contributed by atoms with Gasteiger partial charge in [-0.3, -0.25) is 14.9 Å². The first-order valence-electron chi connectivity index (χ1n) is 4.55. The highest BCUT2D eigenvalue weighted by molar-refractivity contribution is 6.14. The molecule has 0 saturated heterocycles. The fourth-order valence-electron chi connectivity index (χ4n) is 0.982. The summed E-state index contributed by atoms with van der Waals surface area (Å²) in [6.45, 7) is 0. The van der Waals surface area contributed by atoms with E-state index in [0.717, 1.165) is 6.08 Å². The smallest absolute Gasteiger partial charge is 0.335 e. The predicted molar refractivity (Wildman–Crippen MR) is 57.3 cm³/mol. The maximum Gasteiger partial charge on any atom is 0.335 e. The highest BCUT2D eigenvalue weighted by Gasteiger charge is 2.18. The van der Waals surface area contributed by atoms with Crippen molar-refractivity contribution in [2.24, 2.45) is 0 Å². The minimum Gasteiger partial charge on any atom is -0.503 e. The van der Waals surface area contributed by atoms with E-state index < -0.39 is 23.5 Å². The van der Waals surface area contributed by atoms with Crippen LogP contribution in [-0.4, -0.2) is 28.0 Å². The van der Waals surface area contributed by atoms with Crippen molar-refractivity contribution < 1.29 is 24.6 Å². The number of carbonyl (C=O) groups is 3. The molecule has 0 fully saturated rings. The van der Waals surface area contributed by atoms with E-state index in [-0.39, 0.29) is 0 Å². The van der Waals surface area contributed by atoms with Gasteiger partial charge in [-0.2, -0.15) is 0 Å². The summed E-state index contributed by atoms with van der Waals surface area (Å²) >= 11 is 0. The number of carboxylic acid groups (broad SMARTS) is 1. The number of rotatable bonds is 1. The molecule has 6 heteroatoms. The molecular formula is C11H9NO5. The highest BCUT2D eigenvalue weighted by atomic mass is 16.4. The van der Waals surface area contributed by atoms with Crippen molar-refractivity contribution in [3.8, 4) is 0 Å². The average Bonchev–Trinajstić information content (AvgIpc) is 2.58. The van der Waals surface area contributed by atoms with Gasteiger partial charge in [0.15, 0.2) is 5.76 Å². The van der Waals surface area contributed by atoms with Crippen molar-refractivity contribution in [3.05, 3.63) is 47.7 Å². The third-order valence-electron chi connectivity index (χ3n) is 1.76. The van der Waals surface area contributed by atoms with Crippen molar-refractivity contribution in [2.75, 3.05) is 0 Å². The summed E-state index contributed by atoms with van der Waals surface area (Å²) < 4.78 is 0. The van der Waals surface area contributed by atoms with Gasteiger partial charge in [-0.1, -0.05) is 18.2 Å². The van der Waals surface area contributed by atoms with E-state index in [0.29, 0.717) is 5.56 Å². The zero-order valence-electron chi connectivity index (χ0n) is 8.58. The van der Waals surface area contributed by atoms with Crippen LogP contribution in [0.3, 0.4) is 0 Å². The van der Waals surface area contributed by atoms with Gasteiger partial charge in [0.05, 0.1) is 11.6 Å². The molecule has 1 aliphatic rings. The topological polar surface area (TPSA) is 104 Å². The Bertz CT molecular complexity index is 478. The van der Waals surface area contributed by atoms with Crippen molar-refractivity contribution in [3.63, 3.8) is 0 Å². The normalized spacial score (nSPS) is 13.3. The lowest BCUT2D eigenvalue weighted by atomic mass is 10.2. The quantitative estimate of drug-likeness (QED) is 0.614. The summed E-state index contributed by atoms with van der Waals surface area (Å²) in [6.07, 6.45) is 0.836. The monoisotopic (exact) mass is 235 g/mol. The number of aliphatic hydroxyl groups is 1. The van der Waals surface area contributed by atoms with E-state index in [9.17, 15) is 14.4 Å². The molecule has 17 heavy (non-hydrogen) atoms. The van der Waals surface area contributed by atoms with Crippen LogP contribution in [0.25, 0.3) is 0 Å². The second-order valence-electron chi connectivity index (χ2n) is 3.02. The Morgan fingerprint density at radius 2 is 1.71 bits per heavy atom. The Balaban J connectivity index is 0.000000171. The molecule has 2 amide bonds. The van der Waals surface area contributed by atoms with Crippen LogP contribution in [0.1, 0.15) is 10.4 Å². The third-order valence-corrected chi connectivity index (χ3v) is 1.76. The number of nitrogens with one attached hydrogen (secondary N) is 1. The molecule has 88 valence electrons. The molecule has 6 nitrogen and oxygen atoms in total. The first-order valence-corrected chi connectivity index (χ1v) is 4.55. The largest absolute Gasteiger partial charge is 0.503 e. The van der Waals surface area contributed by atoms with Gasteiger partial charge < -0.3 is 10.2 Å². The average molecular weight is 235 g/mol. The van der Waals surface area contributed by atoms with Gasteiger partial charge in [-0.25, -0.2) is 4.79 Å². The number of benzene rings is 1. The van der Waals surface area contributed by atoms with Gasteiger partial charge in [0, 0.05) is 0 Å². The maximum atomic E-state index is 10.2. The molecule has 0 radical (unpaired) electrons. The molecule has 3 N–H and O–H groups in total. The van der Waals surface area contributed by atoms with Crippen molar-refractivity contribution in [2.45, 2.75) is 0 Å². The number of amides is 2. The molecule has 0 aromatic heterocycles. The molecule has 1 aliphatic heterocycles. The first-order chi connectivity index (χ1) is 8.00. The summed E-state index contributed by atoms with van der Waals surface area (Å²) in [6, 6.07) is 8.30. The number of hydrogen-bond donors (Lipinski definition) is 3. The first kappa shape index (κ1) is 12.4. The SMILES string of the molecule is O=C(O)c1ccccc1.O=C1C=C(O)C(=O)N1. The third kappa shape index (κ3) is 3.78. The predicted octanol–water partition coefficient (Wildman–Crippen LogP) is 0.470. The molecule has 1 heterocycles. The second kappa shape index (κ2) is 5.45. The summed E-state index contributed by atoms with van der Waals surface area (Å²) in [5.74, 6) is -2.69. The molecule has 1 aromatic carbocycles.